The Hall–Kier alpha value is -3.82. The maximum absolute atomic E-state index is 11.7. The number of hydrogen-bond acceptors (Lipinski definition) is 10. The fourth-order valence-corrected chi connectivity index (χ4v) is 3.61. The molecule has 2 rings (SSSR count). The molecule has 0 aliphatic carbocycles. The first-order valence-electron chi connectivity index (χ1n) is 14.1. The van der Waals surface area contributed by atoms with E-state index in [9.17, 15) is 28.8 Å². The number of hydrogen-bond donors (Lipinski definition) is 0. The first-order chi connectivity index (χ1) is 19.7. The summed E-state index contributed by atoms with van der Waals surface area (Å²) in [6.45, 7) is 5.69. The smallest absolute Gasteiger partial charge is 0.306 e. The lowest BCUT2D eigenvalue weighted by molar-refractivity contribution is -0.144. The zero-order valence-electron chi connectivity index (χ0n) is 24.4. The number of carbonyl (C=O) groups excluding carboxylic acids is 6. The quantitative estimate of drug-likeness (QED) is 0.142. The number of furan rings is 2. The van der Waals surface area contributed by atoms with Gasteiger partial charge in [0.15, 0.2) is 0 Å². The molecule has 0 amide bonds. The summed E-state index contributed by atoms with van der Waals surface area (Å²) in [7, 11) is 0. The normalized spacial score (nSPS) is 10.1. The van der Waals surface area contributed by atoms with Crippen LogP contribution in [0.1, 0.15) is 103 Å². The van der Waals surface area contributed by atoms with Gasteiger partial charge < -0.3 is 27.9 Å². The van der Waals surface area contributed by atoms with Gasteiger partial charge in [0.25, 0.3) is 0 Å². The highest BCUT2D eigenvalue weighted by Crippen LogP contribution is 2.14. The van der Waals surface area contributed by atoms with Crippen LogP contribution in [0.15, 0.2) is 33.1 Å². The van der Waals surface area contributed by atoms with E-state index in [2.05, 4.69) is 0 Å². The Morgan fingerprint density at radius 2 is 1.00 bits per heavy atom. The summed E-state index contributed by atoms with van der Waals surface area (Å²) in [6.07, 6.45) is 5.33. The minimum Gasteiger partial charge on any atom is -0.466 e. The predicted molar refractivity (Wildman–Crippen MR) is 156 cm³/mol. The van der Waals surface area contributed by atoms with Crippen LogP contribution in [0, 0.1) is 0 Å². The molecule has 234 valence electrons. The van der Waals surface area contributed by atoms with E-state index in [0.29, 0.717) is 64.6 Å². The van der Waals surface area contributed by atoms with Crippen molar-refractivity contribution >= 4 is 35.6 Å². The van der Waals surface area contributed by atoms with E-state index in [1.807, 2.05) is 24.3 Å². The summed E-state index contributed by atoms with van der Waals surface area (Å²) in [5.41, 5.74) is 0. The fraction of sp³-hybridized carbons (Fsp3) is 0.562. The molecule has 0 fully saturated rings. The lowest BCUT2D eigenvalue weighted by Crippen LogP contribution is -2.08. The third-order valence-electron chi connectivity index (χ3n) is 5.79. The fourth-order valence-electron chi connectivity index (χ4n) is 3.61. The van der Waals surface area contributed by atoms with Crippen LogP contribution in [-0.2, 0) is 63.9 Å². The van der Waals surface area contributed by atoms with Gasteiger partial charge in [-0.15, -0.1) is 0 Å². The van der Waals surface area contributed by atoms with Crippen molar-refractivity contribution in [2.75, 3.05) is 13.2 Å². The Kier molecular flexibility index (Phi) is 20.7. The van der Waals surface area contributed by atoms with Crippen LogP contribution in [0.4, 0.5) is 0 Å². The second kappa shape index (κ2) is 22.8. The van der Waals surface area contributed by atoms with E-state index in [1.165, 1.54) is 0 Å². The van der Waals surface area contributed by atoms with Gasteiger partial charge in [-0.05, 0) is 45.0 Å². The van der Waals surface area contributed by atoms with Gasteiger partial charge in [-0.25, -0.2) is 0 Å². The van der Waals surface area contributed by atoms with Gasteiger partial charge in [-0.1, -0.05) is 7.43 Å². The number of aryl methyl sites for hydroxylation is 4. The third kappa shape index (κ3) is 18.5. The number of rotatable bonds is 20. The molecule has 0 aliphatic rings. The summed E-state index contributed by atoms with van der Waals surface area (Å²) < 4.78 is 20.6. The largest absolute Gasteiger partial charge is 0.466 e. The standard InChI is InChI=1S/C16H22O5.C15H20O5.CH4/c1-3-20-16(19)11-6-13(18)5-8-15-10-9-14(21-15)7-4-12(2)17;1-2-19-15(18)10-6-12(17)5-7-14-9-8-13(20-14)4-3-11-16;/h9-10H,3-8,11H2,1-2H3;8-9,11H,2-7,10H2,1H3;1H4. The third-order valence-corrected chi connectivity index (χ3v) is 5.79. The SMILES string of the molecule is C.CCOC(=O)CCC(=O)CCc1ccc(CCC(C)=O)o1.CCOC(=O)CCC(=O)CCc1ccc(CCC=O)o1. The van der Waals surface area contributed by atoms with E-state index in [4.69, 9.17) is 18.3 Å². The highest BCUT2D eigenvalue weighted by molar-refractivity contribution is 5.83. The summed E-state index contributed by atoms with van der Waals surface area (Å²) >= 11 is 0. The van der Waals surface area contributed by atoms with E-state index in [-0.39, 0.29) is 62.4 Å². The molecule has 0 saturated heterocycles. The van der Waals surface area contributed by atoms with Crippen molar-refractivity contribution in [1.29, 1.82) is 0 Å². The van der Waals surface area contributed by atoms with Crippen LogP contribution in [0.3, 0.4) is 0 Å². The Bertz CT molecular complexity index is 1110. The van der Waals surface area contributed by atoms with E-state index in [1.54, 1.807) is 20.8 Å². The molecular formula is C32H46O10. The number of Topliss-reactive ketones (excluding diaryl/α,β-unsaturated/α-hetero) is 3. The zero-order chi connectivity index (χ0) is 30.5. The Morgan fingerprint density at radius 3 is 1.36 bits per heavy atom. The minimum atomic E-state index is -0.338. The molecule has 10 heteroatoms. The van der Waals surface area contributed by atoms with Gasteiger partial charge in [0, 0.05) is 64.2 Å². The van der Waals surface area contributed by atoms with Crippen molar-refractivity contribution in [3.63, 3.8) is 0 Å². The van der Waals surface area contributed by atoms with Gasteiger partial charge in [0.2, 0.25) is 0 Å². The summed E-state index contributed by atoms with van der Waals surface area (Å²) in [5, 5.41) is 0. The monoisotopic (exact) mass is 590 g/mol. The van der Waals surface area contributed by atoms with Crippen molar-refractivity contribution in [3.05, 3.63) is 47.3 Å². The Labute approximate surface area is 248 Å². The van der Waals surface area contributed by atoms with Crippen molar-refractivity contribution in [1.82, 2.24) is 0 Å². The van der Waals surface area contributed by atoms with Gasteiger partial charge in [0.05, 0.1) is 26.1 Å². The van der Waals surface area contributed by atoms with E-state index >= 15 is 0 Å². The van der Waals surface area contributed by atoms with Crippen LogP contribution in [0.2, 0.25) is 0 Å². The number of aldehydes is 1. The molecule has 42 heavy (non-hydrogen) atoms. The first kappa shape index (κ1) is 38.2. The average Bonchev–Trinajstić information content (AvgIpc) is 3.60. The minimum absolute atomic E-state index is 0. The van der Waals surface area contributed by atoms with Gasteiger partial charge in [-0.3, -0.25) is 19.2 Å². The number of ether oxygens (including phenoxy) is 2. The maximum atomic E-state index is 11.7. The molecule has 0 aliphatic heterocycles. The number of carbonyl (C=O) groups is 6. The van der Waals surface area contributed by atoms with E-state index in [0.717, 1.165) is 29.3 Å². The molecule has 0 saturated carbocycles. The highest BCUT2D eigenvalue weighted by atomic mass is 16.5. The second-order valence-electron chi connectivity index (χ2n) is 9.33. The maximum Gasteiger partial charge on any atom is 0.306 e. The molecule has 0 aromatic carbocycles. The molecule has 0 spiro atoms. The van der Waals surface area contributed by atoms with Gasteiger partial charge >= 0.3 is 11.9 Å². The molecule has 0 N–H and O–H groups in total. The Balaban J connectivity index is 0.000000783. The summed E-state index contributed by atoms with van der Waals surface area (Å²) in [5.74, 6) is 2.47. The highest BCUT2D eigenvalue weighted by Gasteiger charge is 2.11. The molecule has 0 radical (unpaired) electrons. The van der Waals surface area contributed by atoms with Crippen LogP contribution in [0.25, 0.3) is 0 Å². The molecule has 0 unspecified atom stereocenters. The van der Waals surface area contributed by atoms with Gasteiger partial charge in [-0.2, -0.15) is 0 Å². The summed E-state index contributed by atoms with van der Waals surface area (Å²) in [6, 6.07) is 7.30. The van der Waals surface area contributed by atoms with Crippen LogP contribution >= 0.6 is 0 Å². The van der Waals surface area contributed by atoms with Crippen molar-refractivity contribution in [2.24, 2.45) is 0 Å². The number of esters is 2. The molecular weight excluding hydrogens is 544 g/mol. The van der Waals surface area contributed by atoms with Crippen molar-refractivity contribution < 1.29 is 47.1 Å². The predicted octanol–water partition coefficient (Wildman–Crippen LogP) is 5.54. The van der Waals surface area contributed by atoms with Gasteiger partial charge in [0.1, 0.15) is 46.7 Å². The van der Waals surface area contributed by atoms with Crippen LogP contribution < -0.4 is 0 Å². The molecule has 2 heterocycles. The summed E-state index contributed by atoms with van der Waals surface area (Å²) in [4.78, 5) is 66.6. The second-order valence-corrected chi connectivity index (χ2v) is 9.33. The number of ketones is 3. The topological polar surface area (TPSA) is 147 Å². The molecule has 0 atom stereocenters. The Morgan fingerprint density at radius 1 is 0.619 bits per heavy atom. The van der Waals surface area contributed by atoms with Crippen molar-refractivity contribution in [3.8, 4) is 0 Å². The average molecular weight is 591 g/mol. The first-order valence-corrected chi connectivity index (χ1v) is 14.1. The molecule has 0 bridgehead atoms. The van der Waals surface area contributed by atoms with E-state index < -0.39 is 0 Å². The molecule has 2 aromatic rings. The van der Waals surface area contributed by atoms with Crippen molar-refractivity contribution in [2.45, 2.75) is 105 Å². The zero-order valence-corrected chi connectivity index (χ0v) is 24.4. The molecule has 10 nitrogen and oxygen atoms in total. The molecule has 2 aromatic heterocycles. The van der Waals surface area contributed by atoms with Crippen LogP contribution in [0.5, 0.6) is 0 Å². The van der Waals surface area contributed by atoms with Crippen LogP contribution in [-0.4, -0.2) is 48.8 Å². The lowest BCUT2D eigenvalue weighted by Gasteiger charge is -2.01. The lowest BCUT2D eigenvalue weighted by atomic mass is 10.1.